The van der Waals surface area contributed by atoms with E-state index in [-0.39, 0.29) is 4.58 Å². The van der Waals surface area contributed by atoms with E-state index in [0.717, 1.165) is 11.5 Å². The first-order chi connectivity index (χ1) is 12.1. The molecule has 1 rings (SSSR count). The Hall–Kier alpha value is -1.42. The van der Waals surface area contributed by atoms with Gasteiger partial charge in [0.2, 0.25) is 0 Å². The minimum absolute atomic E-state index is 0.203. The van der Waals surface area contributed by atoms with Crippen molar-refractivity contribution >= 4 is 47.4 Å². The third kappa shape index (κ3) is 7.45. The number of ether oxygens (including phenoxy) is 4. The van der Waals surface area contributed by atoms with Gasteiger partial charge in [-0.2, -0.15) is 0 Å². The summed E-state index contributed by atoms with van der Waals surface area (Å²) < 4.78 is 21.0. The number of thioether (sulfide) groups is 2. The lowest BCUT2D eigenvalue weighted by molar-refractivity contribution is -0.195. The van der Waals surface area contributed by atoms with Gasteiger partial charge in [0.1, 0.15) is 6.10 Å². The molecular weight excluding hydrogens is 384 g/mol. The summed E-state index contributed by atoms with van der Waals surface area (Å²) in [7, 11) is 0. The van der Waals surface area contributed by atoms with Crippen LogP contribution in [0.5, 0.6) is 0 Å². The van der Waals surface area contributed by atoms with Gasteiger partial charge in [-0.05, 0) is 6.92 Å². The maximum Gasteiger partial charge on any atom is 0.303 e. The summed E-state index contributed by atoms with van der Waals surface area (Å²) in [5.74, 6) is -0.714. The molecule has 10 heteroatoms. The van der Waals surface area contributed by atoms with Gasteiger partial charge >= 0.3 is 23.9 Å². The predicted molar refractivity (Wildman–Crippen MR) is 96.6 cm³/mol. The van der Waals surface area contributed by atoms with E-state index in [4.69, 9.17) is 18.9 Å². The molecule has 0 spiro atoms. The zero-order valence-electron chi connectivity index (χ0n) is 15.4. The molecule has 1 aliphatic heterocycles. The van der Waals surface area contributed by atoms with E-state index in [0.29, 0.717) is 0 Å². The van der Waals surface area contributed by atoms with E-state index in [1.807, 2.05) is 0 Å². The van der Waals surface area contributed by atoms with E-state index < -0.39 is 48.3 Å². The highest BCUT2D eigenvalue weighted by atomic mass is 32.2. The topological polar surface area (TPSA) is 105 Å². The van der Waals surface area contributed by atoms with E-state index in [1.165, 1.54) is 34.6 Å². The van der Waals surface area contributed by atoms with Gasteiger partial charge in [-0.1, -0.05) is 0 Å². The van der Waals surface area contributed by atoms with Crippen LogP contribution >= 0.6 is 23.5 Å². The Morgan fingerprint density at radius 3 is 1.58 bits per heavy atom. The van der Waals surface area contributed by atoms with Crippen molar-refractivity contribution in [1.29, 1.82) is 0 Å². The first-order valence-corrected chi connectivity index (χ1v) is 10.1. The summed E-state index contributed by atoms with van der Waals surface area (Å²) in [4.78, 5) is 46.2. The van der Waals surface area contributed by atoms with Crippen LogP contribution in [0.4, 0.5) is 0 Å². The van der Waals surface area contributed by atoms with Crippen LogP contribution in [0.25, 0.3) is 0 Å². The summed E-state index contributed by atoms with van der Waals surface area (Å²) in [5, 5.41) is 0. The third-order valence-corrected chi connectivity index (χ3v) is 6.43. The Bertz CT molecular complexity index is 532. The van der Waals surface area contributed by atoms with E-state index >= 15 is 0 Å². The largest absolute Gasteiger partial charge is 0.459 e. The molecular formula is C16H24O8S2. The molecule has 0 N–H and O–H groups in total. The molecule has 1 aliphatic rings. The maximum atomic E-state index is 11.7. The molecule has 1 saturated heterocycles. The lowest BCUT2D eigenvalue weighted by Crippen LogP contribution is -2.53. The third-order valence-electron chi connectivity index (χ3n) is 3.28. The van der Waals surface area contributed by atoms with Crippen LogP contribution in [0, 0.1) is 0 Å². The van der Waals surface area contributed by atoms with Crippen LogP contribution in [-0.4, -0.2) is 64.4 Å². The molecule has 0 radical (unpaired) electrons. The molecule has 0 aliphatic carbocycles. The molecule has 0 bridgehead atoms. The second kappa shape index (κ2) is 10.7. The summed E-state index contributed by atoms with van der Waals surface area (Å²) in [5.41, 5.74) is 0. The maximum absolute atomic E-state index is 11.7. The van der Waals surface area contributed by atoms with Crippen LogP contribution in [-0.2, 0) is 38.1 Å². The number of hydrogen-bond donors (Lipinski definition) is 0. The molecule has 0 aromatic carbocycles. The van der Waals surface area contributed by atoms with Crippen molar-refractivity contribution in [2.45, 2.75) is 63.6 Å². The highest BCUT2D eigenvalue weighted by Gasteiger charge is 2.46. The summed E-state index contributed by atoms with van der Waals surface area (Å²) in [6.45, 7) is 6.38. The summed E-state index contributed by atoms with van der Waals surface area (Å²) in [6, 6.07) is 0. The normalized spacial score (nSPS) is 19.0. The Balaban J connectivity index is 3.23. The number of hydrogen-bond acceptors (Lipinski definition) is 10. The average molecular weight is 408 g/mol. The second-order valence-electron chi connectivity index (χ2n) is 5.65. The molecule has 8 nitrogen and oxygen atoms in total. The molecule has 148 valence electrons. The highest BCUT2D eigenvalue weighted by Crippen LogP contribution is 2.38. The number of esters is 4. The van der Waals surface area contributed by atoms with Gasteiger partial charge in [0.25, 0.3) is 0 Å². The fraction of sp³-hybridized carbons (Fsp3) is 0.750. The molecule has 0 aromatic heterocycles. The monoisotopic (exact) mass is 408 g/mol. The van der Waals surface area contributed by atoms with Gasteiger partial charge in [-0.25, -0.2) is 0 Å². The smallest absolute Gasteiger partial charge is 0.303 e. The lowest BCUT2D eigenvalue weighted by atomic mass is 10.0. The van der Waals surface area contributed by atoms with Crippen molar-refractivity contribution in [1.82, 2.24) is 0 Å². The van der Waals surface area contributed by atoms with Crippen LogP contribution < -0.4 is 0 Å². The number of rotatable bonds is 8. The van der Waals surface area contributed by atoms with Crippen molar-refractivity contribution < 1.29 is 38.1 Å². The fourth-order valence-corrected chi connectivity index (χ4v) is 5.50. The summed E-state index contributed by atoms with van der Waals surface area (Å²) in [6.07, 6.45) is -4.00. The van der Waals surface area contributed by atoms with Crippen molar-refractivity contribution in [2.75, 3.05) is 11.5 Å². The molecule has 0 aromatic rings. The standard InChI is InChI=1S/C16H24O8S2/c1-8(21-9(2)17)13(22-10(3)18)14(23-11(4)19)15(24-12(5)20)16-25-6-7-26-16/h8,13-16H,6-7H2,1-5H3/t8-,13-,14+,15+/m0/s1. The molecule has 0 unspecified atom stereocenters. The predicted octanol–water partition coefficient (Wildman–Crippen LogP) is 1.54. The van der Waals surface area contributed by atoms with E-state index in [2.05, 4.69) is 0 Å². The lowest BCUT2D eigenvalue weighted by Gasteiger charge is -2.36. The van der Waals surface area contributed by atoms with Crippen LogP contribution in [0.2, 0.25) is 0 Å². The first kappa shape index (κ1) is 22.6. The highest BCUT2D eigenvalue weighted by molar-refractivity contribution is 8.20. The number of carbonyl (C=O) groups is 4. The Morgan fingerprint density at radius 1 is 0.731 bits per heavy atom. The van der Waals surface area contributed by atoms with Crippen molar-refractivity contribution in [3.8, 4) is 0 Å². The van der Waals surface area contributed by atoms with Gasteiger partial charge in [0.05, 0.1) is 4.58 Å². The molecule has 0 amide bonds. The van der Waals surface area contributed by atoms with Crippen molar-refractivity contribution in [3.63, 3.8) is 0 Å². The van der Waals surface area contributed by atoms with Crippen molar-refractivity contribution in [3.05, 3.63) is 0 Å². The van der Waals surface area contributed by atoms with E-state index in [9.17, 15) is 19.2 Å². The van der Waals surface area contributed by atoms with Crippen molar-refractivity contribution in [2.24, 2.45) is 0 Å². The molecule has 1 fully saturated rings. The Morgan fingerprint density at radius 2 is 1.15 bits per heavy atom. The quantitative estimate of drug-likeness (QED) is 0.434. The van der Waals surface area contributed by atoms with Crippen LogP contribution in [0.3, 0.4) is 0 Å². The second-order valence-corrected chi connectivity index (χ2v) is 8.44. The van der Waals surface area contributed by atoms with Crippen LogP contribution in [0.1, 0.15) is 34.6 Å². The van der Waals surface area contributed by atoms with Gasteiger partial charge in [-0.15, -0.1) is 23.5 Å². The SMILES string of the molecule is CC(=O)O[C@H]([C@@H](OC(C)=O)[C@@H](OC(C)=O)C1SCCS1)[C@H](C)OC(C)=O. The summed E-state index contributed by atoms with van der Waals surface area (Å²) >= 11 is 3.11. The molecule has 26 heavy (non-hydrogen) atoms. The Labute approximate surface area is 161 Å². The zero-order valence-corrected chi connectivity index (χ0v) is 17.0. The molecule has 0 saturated carbocycles. The number of carbonyl (C=O) groups excluding carboxylic acids is 4. The van der Waals surface area contributed by atoms with E-state index in [1.54, 1.807) is 23.5 Å². The van der Waals surface area contributed by atoms with Gasteiger partial charge in [-0.3, -0.25) is 19.2 Å². The van der Waals surface area contributed by atoms with Gasteiger partial charge < -0.3 is 18.9 Å². The minimum atomic E-state index is -1.12. The zero-order chi connectivity index (χ0) is 19.9. The Kier molecular flexibility index (Phi) is 9.28. The van der Waals surface area contributed by atoms with Crippen LogP contribution in [0.15, 0.2) is 0 Å². The van der Waals surface area contributed by atoms with Gasteiger partial charge in [0.15, 0.2) is 18.3 Å². The van der Waals surface area contributed by atoms with Gasteiger partial charge in [0, 0.05) is 39.2 Å². The molecule has 1 heterocycles. The molecule has 4 atom stereocenters. The fourth-order valence-electron chi connectivity index (χ4n) is 2.50. The average Bonchev–Trinajstić information content (AvgIpc) is 3.01. The minimum Gasteiger partial charge on any atom is -0.459 e. The first-order valence-electron chi connectivity index (χ1n) is 8.04.